The summed E-state index contributed by atoms with van der Waals surface area (Å²) in [7, 11) is 0. The molecule has 3 aromatic rings. The van der Waals surface area contributed by atoms with Crippen LogP contribution in [-0.4, -0.2) is 15.0 Å². The van der Waals surface area contributed by atoms with Gasteiger partial charge in [0.1, 0.15) is 0 Å². The Morgan fingerprint density at radius 3 is 2.83 bits per heavy atom. The highest BCUT2D eigenvalue weighted by atomic mass is 14.8. The van der Waals surface area contributed by atoms with E-state index in [1.54, 1.807) is 6.33 Å². The number of nitrogens with one attached hydrogen (secondary N) is 1. The number of nitrogens with zero attached hydrogens (tertiary/aromatic N) is 2. The highest BCUT2D eigenvalue weighted by Crippen LogP contribution is 2.35. The van der Waals surface area contributed by atoms with Crippen molar-refractivity contribution in [2.45, 2.75) is 26.2 Å². The SMILES string of the molecule is Cc1ccncc1-c1ccc2c(c1)/C(=C/c1cnc[nH]1)CCC2. The zero-order valence-electron chi connectivity index (χ0n) is 13.2. The molecule has 1 aromatic carbocycles. The van der Waals surface area contributed by atoms with Crippen LogP contribution in [0.4, 0.5) is 0 Å². The number of hydrogen-bond acceptors (Lipinski definition) is 2. The van der Waals surface area contributed by atoms with Crippen molar-refractivity contribution in [2.24, 2.45) is 0 Å². The van der Waals surface area contributed by atoms with Crippen molar-refractivity contribution in [3.8, 4) is 11.1 Å². The Kier molecular flexibility index (Phi) is 3.54. The van der Waals surface area contributed by atoms with E-state index in [-0.39, 0.29) is 0 Å². The van der Waals surface area contributed by atoms with Crippen molar-refractivity contribution in [1.29, 1.82) is 0 Å². The van der Waals surface area contributed by atoms with Gasteiger partial charge in [0.2, 0.25) is 0 Å². The fourth-order valence-electron chi connectivity index (χ4n) is 3.31. The maximum Gasteiger partial charge on any atom is 0.0924 e. The van der Waals surface area contributed by atoms with Gasteiger partial charge < -0.3 is 4.98 Å². The van der Waals surface area contributed by atoms with Gasteiger partial charge in [-0.05, 0) is 72.2 Å². The number of imidazole rings is 1. The molecular formula is C20H19N3. The highest BCUT2D eigenvalue weighted by molar-refractivity contribution is 5.85. The molecule has 0 unspecified atom stereocenters. The molecule has 1 N–H and O–H groups in total. The minimum Gasteiger partial charge on any atom is -0.345 e. The molecule has 0 radical (unpaired) electrons. The molecule has 0 atom stereocenters. The van der Waals surface area contributed by atoms with Crippen LogP contribution in [0.3, 0.4) is 0 Å². The molecule has 0 bridgehead atoms. The predicted molar refractivity (Wildman–Crippen MR) is 93.8 cm³/mol. The Hall–Kier alpha value is -2.68. The molecule has 2 heterocycles. The lowest BCUT2D eigenvalue weighted by Gasteiger charge is -2.20. The molecule has 0 fully saturated rings. The summed E-state index contributed by atoms with van der Waals surface area (Å²) in [5.41, 5.74) is 8.97. The molecule has 1 aliphatic carbocycles. The molecule has 114 valence electrons. The smallest absolute Gasteiger partial charge is 0.0924 e. The van der Waals surface area contributed by atoms with Gasteiger partial charge in [0.25, 0.3) is 0 Å². The summed E-state index contributed by atoms with van der Waals surface area (Å²) in [4.78, 5) is 11.6. The van der Waals surface area contributed by atoms with E-state index in [1.165, 1.54) is 39.8 Å². The Morgan fingerprint density at radius 1 is 1.04 bits per heavy atom. The molecule has 2 aromatic heterocycles. The molecular weight excluding hydrogens is 282 g/mol. The summed E-state index contributed by atoms with van der Waals surface area (Å²) in [5, 5.41) is 0. The van der Waals surface area contributed by atoms with Crippen LogP contribution in [0.1, 0.15) is 35.2 Å². The average molecular weight is 301 g/mol. The van der Waals surface area contributed by atoms with Crippen molar-refractivity contribution in [2.75, 3.05) is 0 Å². The number of aromatic amines is 1. The molecule has 23 heavy (non-hydrogen) atoms. The molecule has 0 saturated carbocycles. The Morgan fingerprint density at radius 2 is 2.00 bits per heavy atom. The second kappa shape index (κ2) is 5.84. The molecule has 0 saturated heterocycles. The third-order valence-corrected chi connectivity index (χ3v) is 4.55. The maximum atomic E-state index is 4.29. The van der Waals surface area contributed by atoms with Gasteiger partial charge in [-0.1, -0.05) is 12.1 Å². The van der Waals surface area contributed by atoms with Crippen LogP contribution in [0.5, 0.6) is 0 Å². The van der Waals surface area contributed by atoms with Crippen LogP contribution < -0.4 is 0 Å². The second-order valence-electron chi connectivity index (χ2n) is 6.09. The van der Waals surface area contributed by atoms with Crippen molar-refractivity contribution < 1.29 is 0 Å². The standard InChI is InChI=1S/C20H19N3/c1-14-7-8-21-12-20(14)17-6-5-15-3-2-4-16(19(15)10-17)9-18-11-22-13-23-18/h5-13H,2-4H2,1H3,(H,22,23)/b16-9+. The molecule has 1 aliphatic rings. The number of aromatic nitrogens is 3. The van der Waals surface area contributed by atoms with E-state index in [1.807, 2.05) is 18.6 Å². The van der Waals surface area contributed by atoms with Gasteiger partial charge in [0, 0.05) is 18.0 Å². The Labute approximate surface area is 136 Å². The molecule has 4 rings (SSSR count). The zero-order valence-corrected chi connectivity index (χ0v) is 13.2. The number of H-pyrrole nitrogens is 1. The first-order chi connectivity index (χ1) is 11.3. The van der Waals surface area contributed by atoms with E-state index in [2.05, 4.69) is 52.2 Å². The van der Waals surface area contributed by atoms with E-state index in [0.29, 0.717) is 0 Å². The van der Waals surface area contributed by atoms with E-state index >= 15 is 0 Å². The minimum absolute atomic E-state index is 1.07. The van der Waals surface area contributed by atoms with Gasteiger partial charge in [-0.25, -0.2) is 4.98 Å². The third kappa shape index (κ3) is 2.70. The minimum atomic E-state index is 1.07. The summed E-state index contributed by atoms with van der Waals surface area (Å²) >= 11 is 0. The lowest BCUT2D eigenvalue weighted by atomic mass is 9.85. The van der Waals surface area contributed by atoms with Crippen LogP contribution in [0, 0.1) is 6.92 Å². The number of pyridine rings is 1. The van der Waals surface area contributed by atoms with Crippen LogP contribution >= 0.6 is 0 Å². The van der Waals surface area contributed by atoms with E-state index < -0.39 is 0 Å². The van der Waals surface area contributed by atoms with Gasteiger partial charge in [-0.15, -0.1) is 0 Å². The summed E-state index contributed by atoms with van der Waals surface area (Å²) in [5.74, 6) is 0. The Bertz CT molecular complexity index is 860. The maximum absolute atomic E-state index is 4.29. The van der Waals surface area contributed by atoms with Crippen LogP contribution in [0.2, 0.25) is 0 Å². The van der Waals surface area contributed by atoms with Gasteiger partial charge in [-0.2, -0.15) is 0 Å². The largest absolute Gasteiger partial charge is 0.345 e. The molecule has 0 aliphatic heterocycles. The van der Waals surface area contributed by atoms with Crippen LogP contribution in [0.15, 0.2) is 49.2 Å². The Balaban J connectivity index is 1.82. The predicted octanol–water partition coefficient (Wildman–Crippen LogP) is 4.66. The van der Waals surface area contributed by atoms with Crippen LogP contribution in [0.25, 0.3) is 22.8 Å². The number of fused-ring (bicyclic) bond motifs is 1. The van der Waals surface area contributed by atoms with Gasteiger partial charge in [0.15, 0.2) is 0 Å². The fourth-order valence-corrected chi connectivity index (χ4v) is 3.31. The number of hydrogen-bond donors (Lipinski definition) is 1. The molecule has 0 spiro atoms. The first kappa shape index (κ1) is 13.9. The second-order valence-corrected chi connectivity index (χ2v) is 6.09. The normalized spacial score (nSPS) is 15.6. The number of rotatable bonds is 2. The third-order valence-electron chi connectivity index (χ3n) is 4.55. The van der Waals surface area contributed by atoms with Gasteiger partial charge in [-0.3, -0.25) is 4.98 Å². The molecule has 0 amide bonds. The van der Waals surface area contributed by atoms with Crippen LogP contribution in [-0.2, 0) is 6.42 Å². The lowest BCUT2D eigenvalue weighted by Crippen LogP contribution is -2.02. The summed E-state index contributed by atoms with van der Waals surface area (Å²) in [6.45, 7) is 2.14. The number of allylic oxidation sites excluding steroid dienone is 1. The summed E-state index contributed by atoms with van der Waals surface area (Å²) in [6, 6.07) is 8.88. The highest BCUT2D eigenvalue weighted by Gasteiger charge is 2.15. The number of benzene rings is 1. The van der Waals surface area contributed by atoms with E-state index in [9.17, 15) is 0 Å². The van der Waals surface area contributed by atoms with Crippen molar-refractivity contribution >= 4 is 11.6 Å². The van der Waals surface area contributed by atoms with E-state index in [0.717, 1.165) is 18.5 Å². The van der Waals surface area contributed by atoms with Crippen molar-refractivity contribution in [1.82, 2.24) is 15.0 Å². The van der Waals surface area contributed by atoms with Gasteiger partial charge in [0.05, 0.1) is 18.2 Å². The molecule has 3 heteroatoms. The quantitative estimate of drug-likeness (QED) is 0.748. The topological polar surface area (TPSA) is 41.6 Å². The first-order valence-corrected chi connectivity index (χ1v) is 8.04. The lowest BCUT2D eigenvalue weighted by molar-refractivity contribution is 0.824. The van der Waals surface area contributed by atoms with Crippen molar-refractivity contribution in [3.05, 3.63) is 71.6 Å². The molecule has 3 nitrogen and oxygen atoms in total. The zero-order chi connectivity index (χ0) is 15.6. The first-order valence-electron chi connectivity index (χ1n) is 8.04. The fraction of sp³-hybridized carbons (Fsp3) is 0.200. The van der Waals surface area contributed by atoms with Gasteiger partial charge >= 0.3 is 0 Å². The summed E-state index contributed by atoms with van der Waals surface area (Å²) < 4.78 is 0. The summed E-state index contributed by atoms with van der Waals surface area (Å²) in [6.07, 6.45) is 13.1. The monoisotopic (exact) mass is 301 g/mol. The number of aryl methyl sites for hydroxylation is 2. The van der Waals surface area contributed by atoms with E-state index in [4.69, 9.17) is 0 Å². The average Bonchev–Trinajstić information content (AvgIpc) is 3.08. The van der Waals surface area contributed by atoms with Crippen molar-refractivity contribution in [3.63, 3.8) is 0 Å².